The molecular formula is C25H34FN3O3. The third-order valence-corrected chi connectivity index (χ3v) is 4.80. The van der Waals surface area contributed by atoms with Crippen molar-refractivity contribution in [2.45, 2.75) is 40.3 Å². The molecule has 0 saturated carbocycles. The molecule has 0 atom stereocenters. The first-order chi connectivity index (χ1) is 15.0. The van der Waals surface area contributed by atoms with Crippen LogP contribution in [0.1, 0.15) is 38.3 Å². The fourth-order valence-corrected chi connectivity index (χ4v) is 3.38. The molecular weight excluding hydrogens is 409 g/mol. The maximum absolute atomic E-state index is 13.3. The summed E-state index contributed by atoms with van der Waals surface area (Å²) in [5.41, 5.74) is 3.20. The highest BCUT2D eigenvalue weighted by Crippen LogP contribution is 2.26. The molecule has 0 aliphatic rings. The Kier molecular flexibility index (Phi) is 8.78. The van der Waals surface area contributed by atoms with Gasteiger partial charge in [-0.25, -0.2) is 4.39 Å². The number of ether oxygens (including phenoxy) is 1. The summed E-state index contributed by atoms with van der Waals surface area (Å²) >= 11 is 0. The van der Waals surface area contributed by atoms with E-state index in [1.807, 2.05) is 58.0 Å². The lowest BCUT2D eigenvalue weighted by Crippen LogP contribution is -2.33. The molecule has 32 heavy (non-hydrogen) atoms. The highest BCUT2D eigenvalue weighted by molar-refractivity contribution is 5.91. The Hall–Kier alpha value is -2.93. The van der Waals surface area contributed by atoms with Crippen LogP contribution >= 0.6 is 0 Å². The maximum atomic E-state index is 13.3. The van der Waals surface area contributed by atoms with Crippen molar-refractivity contribution < 1.29 is 18.7 Å². The smallest absolute Gasteiger partial charge is 0.249 e. The van der Waals surface area contributed by atoms with Crippen LogP contribution in [-0.4, -0.2) is 44.5 Å². The lowest BCUT2D eigenvalue weighted by Gasteiger charge is -2.26. The molecule has 6 nitrogen and oxygen atoms in total. The average molecular weight is 444 g/mol. The van der Waals surface area contributed by atoms with Crippen LogP contribution in [0, 0.1) is 11.2 Å². The molecule has 0 unspecified atom stereocenters. The molecule has 0 spiro atoms. The third kappa shape index (κ3) is 7.96. The van der Waals surface area contributed by atoms with Crippen molar-refractivity contribution in [2.75, 3.05) is 38.0 Å². The fourth-order valence-electron chi connectivity index (χ4n) is 3.38. The lowest BCUT2D eigenvalue weighted by molar-refractivity contribution is -0.136. The monoisotopic (exact) mass is 443 g/mol. The summed E-state index contributed by atoms with van der Waals surface area (Å²) in [4.78, 5) is 28.8. The van der Waals surface area contributed by atoms with Crippen LogP contribution in [0.15, 0.2) is 42.5 Å². The van der Waals surface area contributed by atoms with Crippen molar-refractivity contribution in [1.82, 2.24) is 4.90 Å². The maximum Gasteiger partial charge on any atom is 0.249 e. The van der Waals surface area contributed by atoms with E-state index in [0.717, 1.165) is 16.8 Å². The van der Waals surface area contributed by atoms with E-state index >= 15 is 0 Å². The number of nitrogens with zero attached hydrogens (tertiary/aromatic N) is 2. The Morgan fingerprint density at radius 2 is 1.69 bits per heavy atom. The second-order valence-corrected chi connectivity index (χ2v) is 9.33. The quantitative estimate of drug-likeness (QED) is 0.622. The lowest BCUT2D eigenvalue weighted by atomic mass is 9.92. The van der Waals surface area contributed by atoms with E-state index in [-0.39, 0.29) is 29.7 Å². The number of benzene rings is 2. The number of hydrogen-bond donors (Lipinski definition) is 1. The van der Waals surface area contributed by atoms with E-state index in [4.69, 9.17) is 4.74 Å². The van der Waals surface area contributed by atoms with E-state index in [2.05, 4.69) is 5.32 Å². The van der Waals surface area contributed by atoms with Gasteiger partial charge in [-0.1, -0.05) is 32.9 Å². The van der Waals surface area contributed by atoms with Gasteiger partial charge in [0.1, 0.15) is 12.4 Å². The van der Waals surface area contributed by atoms with Gasteiger partial charge in [0.25, 0.3) is 0 Å². The number of amides is 2. The highest BCUT2D eigenvalue weighted by atomic mass is 19.1. The molecule has 0 aliphatic heterocycles. The molecule has 0 aliphatic carbocycles. The zero-order valence-corrected chi connectivity index (χ0v) is 19.9. The Balaban J connectivity index is 2.31. The number of carbonyl (C=O) groups excluding carboxylic acids is 2. The topological polar surface area (TPSA) is 61.9 Å². The Morgan fingerprint density at radius 1 is 1.03 bits per heavy atom. The Morgan fingerprint density at radius 3 is 2.25 bits per heavy atom. The summed E-state index contributed by atoms with van der Waals surface area (Å²) in [6.45, 7) is 6.62. The molecule has 0 saturated heterocycles. The molecule has 0 bridgehead atoms. The number of hydrogen-bond acceptors (Lipinski definition) is 4. The summed E-state index contributed by atoms with van der Waals surface area (Å²) in [5.74, 6) is -0.555. The van der Waals surface area contributed by atoms with Crippen LogP contribution in [0.2, 0.25) is 0 Å². The van der Waals surface area contributed by atoms with Crippen molar-refractivity contribution in [2.24, 2.45) is 5.41 Å². The molecule has 2 rings (SSSR count). The number of rotatable bonds is 9. The summed E-state index contributed by atoms with van der Waals surface area (Å²) in [7, 11) is 5.33. The van der Waals surface area contributed by atoms with Gasteiger partial charge in [0.2, 0.25) is 11.8 Å². The summed E-state index contributed by atoms with van der Waals surface area (Å²) < 4.78 is 18.4. The molecule has 2 aromatic carbocycles. The van der Waals surface area contributed by atoms with Gasteiger partial charge in [0, 0.05) is 52.1 Å². The first kappa shape index (κ1) is 25.3. The Bertz CT molecular complexity index is 921. The van der Waals surface area contributed by atoms with Crippen molar-refractivity contribution in [1.29, 1.82) is 0 Å². The number of carbonyl (C=O) groups is 2. The van der Waals surface area contributed by atoms with Gasteiger partial charge in [0.15, 0.2) is 0 Å². The van der Waals surface area contributed by atoms with Crippen LogP contribution in [0.5, 0.6) is 0 Å². The summed E-state index contributed by atoms with van der Waals surface area (Å²) in [6.07, 6.45) is 0.404. The first-order valence-electron chi connectivity index (χ1n) is 10.6. The van der Waals surface area contributed by atoms with Gasteiger partial charge in [-0.2, -0.15) is 0 Å². The minimum absolute atomic E-state index is 0.0551. The van der Waals surface area contributed by atoms with Crippen LogP contribution < -0.4 is 10.2 Å². The van der Waals surface area contributed by atoms with Crippen molar-refractivity contribution in [3.63, 3.8) is 0 Å². The third-order valence-electron chi connectivity index (χ3n) is 4.80. The zero-order valence-electron chi connectivity index (χ0n) is 19.9. The summed E-state index contributed by atoms with van der Waals surface area (Å²) in [6, 6.07) is 11.8. The van der Waals surface area contributed by atoms with E-state index in [9.17, 15) is 14.0 Å². The van der Waals surface area contributed by atoms with E-state index < -0.39 is 0 Å². The van der Waals surface area contributed by atoms with Crippen molar-refractivity contribution >= 4 is 23.2 Å². The molecule has 7 heteroatoms. The summed E-state index contributed by atoms with van der Waals surface area (Å²) in [5, 5.41) is 2.96. The van der Waals surface area contributed by atoms with E-state index in [0.29, 0.717) is 25.2 Å². The number of methoxy groups -OCH3 is 1. The molecule has 2 aromatic rings. The highest BCUT2D eigenvalue weighted by Gasteiger charge is 2.19. The molecule has 174 valence electrons. The normalized spacial score (nSPS) is 11.2. The average Bonchev–Trinajstić information content (AvgIpc) is 2.67. The predicted molar refractivity (Wildman–Crippen MR) is 126 cm³/mol. The van der Waals surface area contributed by atoms with Crippen LogP contribution in [0.3, 0.4) is 0 Å². The predicted octanol–water partition coefficient (Wildman–Crippen LogP) is 4.44. The van der Waals surface area contributed by atoms with Gasteiger partial charge >= 0.3 is 0 Å². The molecule has 0 radical (unpaired) electrons. The zero-order chi connectivity index (χ0) is 23.9. The SMILES string of the molecule is COCC(=O)N(Cc1ccc(F)cc1)Cc1cc(NC(=O)CC(C)(C)C)ccc1N(C)C. The van der Waals surface area contributed by atoms with Crippen LogP contribution in [0.25, 0.3) is 0 Å². The van der Waals surface area contributed by atoms with Gasteiger partial charge < -0.3 is 19.9 Å². The number of nitrogens with one attached hydrogen (secondary N) is 1. The molecule has 0 aromatic heterocycles. The van der Waals surface area contributed by atoms with Gasteiger partial charge in [0.05, 0.1) is 0 Å². The molecule has 1 N–H and O–H groups in total. The second-order valence-electron chi connectivity index (χ2n) is 9.33. The second kappa shape index (κ2) is 11.1. The minimum Gasteiger partial charge on any atom is -0.377 e. The Labute approximate surface area is 190 Å². The minimum atomic E-state index is -0.322. The molecule has 0 fully saturated rings. The molecule has 0 heterocycles. The standard InChI is InChI=1S/C25H34FN3O3/c1-25(2,3)14-23(30)27-21-11-12-22(28(4)5)19(13-21)16-29(24(31)17-32-6)15-18-7-9-20(26)10-8-18/h7-13H,14-17H2,1-6H3,(H,27,30). The van der Waals surface area contributed by atoms with Gasteiger partial charge in [-0.05, 0) is 46.9 Å². The number of halogens is 1. The van der Waals surface area contributed by atoms with Gasteiger partial charge in [-0.15, -0.1) is 0 Å². The largest absolute Gasteiger partial charge is 0.377 e. The van der Waals surface area contributed by atoms with Crippen LogP contribution in [-0.2, 0) is 27.4 Å². The molecule has 2 amide bonds. The van der Waals surface area contributed by atoms with Crippen molar-refractivity contribution in [3.05, 3.63) is 59.4 Å². The van der Waals surface area contributed by atoms with E-state index in [1.54, 1.807) is 17.0 Å². The van der Waals surface area contributed by atoms with Crippen LogP contribution in [0.4, 0.5) is 15.8 Å². The van der Waals surface area contributed by atoms with E-state index in [1.165, 1.54) is 19.2 Å². The van der Waals surface area contributed by atoms with Gasteiger partial charge in [-0.3, -0.25) is 9.59 Å². The van der Waals surface area contributed by atoms with Crippen molar-refractivity contribution in [3.8, 4) is 0 Å². The fraction of sp³-hybridized carbons (Fsp3) is 0.440. The first-order valence-corrected chi connectivity index (χ1v) is 10.6. The number of anilines is 2.